The molecule has 1 heterocycles. The standard InChI is InChI=1S/C10H7FN2O/c11-9-3-1-2-4-10(9)13-6-5-8(7-14)12-13/h1-7H. The van der Waals surface area contributed by atoms with E-state index < -0.39 is 0 Å². The van der Waals surface area contributed by atoms with Gasteiger partial charge in [0.25, 0.3) is 0 Å². The molecule has 2 aromatic rings. The van der Waals surface area contributed by atoms with Crippen LogP contribution in [0, 0.1) is 5.82 Å². The summed E-state index contributed by atoms with van der Waals surface area (Å²) in [5.41, 5.74) is 0.619. The summed E-state index contributed by atoms with van der Waals surface area (Å²) in [6, 6.07) is 7.78. The molecular formula is C10H7FN2O. The Morgan fingerprint density at radius 2 is 2.07 bits per heavy atom. The Bertz CT molecular complexity index is 465. The van der Waals surface area contributed by atoms with Crippen molar-refractivity contribution in [1.82, 2.24) is 9.78 Å². The second-order valence-corrected chi connectivity index (χ2v) is 2.75. The number of carbonyl (C=O) groups excluding carboxylic acids is 1. The van der Waals surface area contributed by atoms with Crippen LogP contribution in [0.25, 0.3) is 5.69 Å². The van der Waals surface area contributed by atoms with Crippen LogP contribution in [0.2, 0.25) is 0 Å². The van der Waals surface area contributed by atoms with Crippen molar-refractivity contribution in [2.45, 2.75) is 0 Å². The van der Waals surface area contributed by atoms with Crippen LogP contribution in [0.4, 0.5) is 4.39 Å². The quantitative estimate of drug-likeness (QED) is 0.677. The molecular weight excluding hydrogens is 183 g/mol. The van der Waals surface area contributed by atoms with E-state index in [1.165, 1.54) is 16.8 Å². The molecule has 0 atom stereocenters. The summed E-state index contributed by atoms with van der Waals surface area (Å²) in [4.78, 5) is 10.4. The molecule has 3 nitrogen and oxygen atoms in total. The smallest absolute Gasteiger partial charge is 0.170 e. The Hall–Kier alpha value is -1.97. The van der Waals surface area contributed by atoms with Gasteiger partial charge in [0, 0.05) is 6.20 Å². The molecule has 0 spiro atoms. The Morgan fingerprint density at radius 3 is 2.71 bits per heavy atom. The average molecular weight is 190 g/mol. The zero-order valence-electron chi connectivity index (χ0n) is 7.22. The maximum atomic E-state index is 13.2. The Morgan fingerprint density at radius 1 is 1.29 bits per heavy atom. The molecule has 0 unspecified atom stereocenters. The molecule has 0 saturated carbocycles. The van der Waals surface area contributed by atoms with E-state index >= 15 is 0 Å². The molecule has 0 bridgehead atoms. The Labute approximate surface area is 79.8 Å². The summed E-state index contributed by atoms with van der Waals surface area (Å²) < 4.78 is 14.6. The van der Waals surface area contributed by atoms with Crippen LogP contribution in [0.5, 0.6) is 0 Å². The van der Waals surface area contributed by atoms with Crippen molar-refractivity contribution in [3.05, 3.63) is 48.0 Å². The number of nitrogens with zero attached hydrogens (tertiary/aromatic N) is 2. The molecule has 0 aliphatic rings. The molecule has 0 aliphatic heterocycles. The summed E-state index contributed by atoms with van der Waals surface area (Å²) in [5, 5.41) is 3.87. The van der Waals surface area contributed by atoms with E-state index in [0.717, 1.165) is 0 Å². The average Bonchev–Trinajstić information content (AvgIpc) is 2.67. The van der Waals surface area contributed by atoms with E-state index in [4.69, 9.17) is 0 Å². The minimum Gasteiger partial charge on any atom is -0.296 e. The lowest BCUT2D eigenvalue weighted by Gasteiger charge is -2.01. The van der Waals surface area contributed by atoms with Gasteiger partial charge in [-0.25, -0.2) is 9.07 Å². The lowest BCUT2D eigenvalue weighted by molar-refractivity contribution is 0.111. The van der Waals surface area contributed by atoms with E-state index in [2.05, 4.69) is 5.10 Å². The first-order chi connectivity index (χ1) is 6.81. The molecule has 0 saturated heterocycles. The zero-order chi connectivity index (χ0) is 9.97. The highest BCUT2D eigenvalue weighted by Crippen LogP contribution is 2.11. The van der Waals surface area contributed by atoms with E-state index in [0.29, 0.717) is 12.0 Å². The van der Waals surface area contributed by atoms with Crippen molar-refractivity contribution < 1.29 is 9.18 Å². The van der Waals surface area contributed by atoms with Crippen molar-refractivity contribution in [2.75, 3.05) is 0 Å². The van der Waals surface area contributed by atoms with Crippen LogP contribution < -0.4 is 0 Å². The van der Waals surface area contributed by atoms with Crippen LogP contribution in [0.15, 0.2) is 36.5 Å². The number of benzene rings is 1. The second kappa shape index (κ2) is 3.41. The summed E-state index contributed by atoms with van der Waals surface area (Å²) in [6.45, 7) is 0. The number of aldehydes is 1. The van der Waals surface area contributed by atoms with E-state index in [1.54, 1.807) is 24.4 Å². The number of rotatable bonds is 2. The van der Waals surface area contributed by atoms with Crippen molar-refractivity contribution >= 4 is 6.29 Å². The monoisotopic (exact) mass is 190 g/mol. The lowest BCUT2D eigenvalue weighted by atomic mass is 10.3. The summed E-state index contributed by atoms with van der Waals surface area (Å²) in [5.74, 6) is -0.368. The molecule has 70 valence electrons. The molecule has 4 heteroatoms. The van der Waals surface area contributed by atoms with Gasteiger partial charge in [0.2, 0.25) is 0 Å². The number of hydrogen-bond acceptors (Lipinski definition) is 2. The SMILES string of the molecule is O=Cc1ccn(-c2ccccc2F)n1. The van der Waals surface area contributed by atoms with Gasteiger partial charge >= 0.3 is 0 Å². The number of carbonyl (C=O) groups is 1. The number of halogens is 1. The maximum Gasteiger partial charge on any atom is 0.170 e. The Balaban J connectivity index is 2.49. The fourth-order valence-electron chi connectivity index (χ4n) is 1.17. The van der Waals surface area contributed by atoms with Gasteiger partial charge in [0.15, 0.2) is 6.29 Å². The molecule has 0 aliphatic carbocycles. The zero-order valence-corrected chi connectivity index (χ0v) is 7.22. The Kier molecular flexibility index (Phi) is 2.10. The minimum atomic E-state index is -0.368. The summed E-state index contributed by atoms with van der Waals surface area (Å²) in [6.07, 6.45) is 2.17. The van der Waals surface area contributed by atoms with E-state index in [9.17, 15) is 9.18 Å². The van der Waals surface area contributed by atoms with E-state index in [-0.39, 0.29) is 11.5 Å². The first-order valence-electron chi connectivity index (χ1n) is 4.07. The van der Waals surface area contributed by atoms with E-state index in [1.807, 2.05) is 0 Å². The van der Waals surface area contributed by atoms with Crippen LogP contribution >= 0.6 is 0 Å². The van der Waals surface area contributed by atoms with Gasteiger partial charge < -0.3 is 0 Å². The lowest BCUT2D eigenvalue weighted by Crippen LogP contribution is -1.98. The highest BCUT2D eigenvalue weighted by atomic mass is 19.1. The molecule has 0 N–H and O–H groups in total. The molecule has 0 fully saturated rings. The molecule has 14 heavy (non-hydrogen) atoms. The topological polar surface area (TPSA) is 34.9 Å². The second-order valence-electron chi connectivity index (χ2n) is 2.75. The van der Waals surface area contributed by atoms with Gasteiger partial charge in [-0.2, -0.15) is 5.10 Å². The number of hydrogen-bond donors (Lipinski definition) is 0. The number of para-hydroxylation sites is 1. The summed E-state index contributed by atoms with van der Waals surface area (Å²) in [7, 11) is 0. The highest BCUT2D eigenvalue weighted by molar-refractivity contribution is 5.71. The number of aromatic nitrogens is 2. The normalized spacial score (nSPS) is 10.1. The van der Waals surface area contributed by atoms with Crippen molar-refractivity contribution in [1.29, 1.82) is 0 Å². The molecule has 1 aromatic carbocycles. The van der Waals surface area contributed by atoms with Crippen LogP contribution in [0.3, 0.4) is 0 Å². The van der Waals surface area contributed by atoms with Gasteiger partial charge in [-0.3, -0.25) is 4.79 Å². The third-order valence-electron chi connectivity index (χ3n) is 1.83. The van der Waals surface area contributed by atoms with Crippen molar-refractivity contribution in [2.24, 2.45) is 0 Å². The predicted molar refractivity (Wildman–Crippen MR) is 48.9 cm³/mol. The maximum absolute atomic E-state index is 13.2. The minimum absolute atomic E-state index is 0.285. The predicted octanol–water partition coefficient (Wildman–Crippen LogP) is 1.82. The highest BCUT2D eigenvalue weighted by Gasteiger charge is 2.04. The molecule has 0 amide bonds. The van der Waals surface area contributed by atoms with Gasteiger partial charge in [-0.05, 0) is 18.2 Å². The van der Waals surface area contributed by atoms with Gasteiger partial charge in [0.1, 0.15) is 17.2 Å². The first kappa shape index (κ1) is 8.62. The fraction of sp³-hybridized carbons (Fsp3) is 0. The van der Waals surface area contributed by atoms with Crippen LogP contribution in [-0.2, 0) is 0 Å². The third kappa shape index (κ3) is 1.42. The van der Waals surface area contributed by atoms with Gasteiger partial charge in [0.05, 0.1) is 0 Å². The van der Waals surface area contributed by atoms with Crippen molar-refractivity contribution in [3.8, 4) is 5.69 Å². The van der Waals surface area contributed by atoms with Crippen LogP contribution in [-0.4, -0.2) is 16.1 Å². The molecule has 2 rings (SSSR count). The van der Waals surface area contributed by atoms with Gasteiger partial charge in [-0.1, -0.05) is 12.1 Å². The van der Waals surface area contributed by atoms with Gasteiger partial charge in [-0.15, -0.1) is 0 Å². The van der Waals surface area contributed by atoms with Crippen LogP contribution in [0.1, 0.15) is 10.5 Å². The molecule has 0 radical (unpaired) electrons. The summed E-state index contributed by atoms with van der Waals surface area (Å²) >= 11 is 0. The third-order valence-corrected chi connectivity index (χ3v) is 1.83. The fourth-order valence-corrected chi connectivity index (χ4v) is 1.17. The molecule has 1 aromatic heterocycles. The first-order valence-corrected chi connectivity index (χ1v) is 4.07. The van der Waals surface area contributed by atoms with Crippen molar-refractivity contribution in [3.63, 3.8) is 0 Å². The largest absolute Gasteiger partial charge is 0.296 e.